The molecule has 34 heavy (non-hydrogen) atoms. The molecular weight excluding hydrogens is 470 g/mol. The summed E-state index contributed by atoms with van der Waals surface area (Å²) in [7, 11) is 0. The average Bonchev–Trinajstić information content (AvgIpc) is 3.47. The molecule has 1 fully saturated rings. The molecule has 10 heteroatoms. The van der Waals surface area contributed by atoms with Crippen LogP contribution in [0.1, 0.15) is 68.1 Å². The van der Waals surface area contributed by atoms with Crippen LogP contribution in [0.25, 0.3) is 16.5 Å². The number of pyridine rings is 1. The highest BCUT2D eigenvalue weighted by Crippen LogP contribution is 2.28. The van der Waals surface area contributed by atoms with Gasteiger partial charge in [-0.05, 0) is 57.3 Å². The van der Waals surface area contributed by atoms with Gasteiger partial charge in [-0.2, -0.15) is 10.4 Å². The Labute approximate surface area is 210 Å². The molecule has 0 spiro atoms. The Bertz CT molecular complexity index is 1160. The van der Waals surface area contributed by atoms with Crippen molar-refractivity contribution in [2.75, 3.05) is 13.1 Å². The number of amides is 1. The van der Waals surface area contributed by atoms with Crippen molar-refractivity contribution < 1.29 is 4.79 Å². The van der Waals surface area contributed by atoms with Gasteiger partial charge in [-0.25, -0.2) is 14.6 Å². The fourth-order valence-electron chi connectivity index (χ4n) is 4.13. The Morgan fingerprint density at radius 2 is 2.00 bits per heavy atom. The van der Waals surface area contributed by atoms with Crippen molar-refractivity contribution in [3.8, 4) is 22.6 Å². The van der Waals surface area contributed by atoms with Gasteiger partial charge in [0.15, 0.2) is 5.82 Å². The number of rotatable bonds is 6. The second kappa shape index (κ2) is 11.1. The fourth-order valence-corrected chi connectivity index (χ4v) is 4.92. The molecule has 0 atom stereocenters. The molecule has 8 nitrogen and oxygen atoms in total. The van der Waals surface area contributed by atoms with E-state index >= 15 is 0 Å². The van der Waals surface area contributed by atoms with Crippen molar-refractivity contribution in [2.45, 2.75) is 58.5 Å². The summed E-state index contributed by atoms with van der Waals surface area (Å²) in [4.78, 5) is 24.4. The lowest BCUT2D eigenvalue weighted by molar-refractivity contribution is 0.0560. The van der Waals surface area contributed by atoms with Gasteiger partial charge in [0, 0.05) is 23.7 Å². The number of halogens is 1. The van der Waals surface area contributed by atoms with E-state index in [-0.39, 0.29) is 30.4 Å². The smallest absolute Gasteiger partial charge is 0.273 e. The molecule has 0 aromatic carbocycles. The molecule has 1 N–H and O–H groups in total. The van der Waals surface area contributed by atoms with Crippen LogP contribution in [0.5, 0.6) is 0 Å². The highest BCUT2D eigenvalue weighted by atomic mass is 35.5. The van der Waals surface area contributed by atoms with Crippen LogP contribution in [0.3, 0.4) is 0 Å². The van der Waals surface area contributed by atoms with E-state index in [1.54, 1.807) is 16.3 Å². The topological polar surface area (TPSA) is 99.7 Å². The predicted octanol–water partition coefficient (Wildman–Crippen LogP) is 4.41. The second-order valence-corrected chi connectivity index (χ2v) is 9.74. The van der Waals surface area contributed by atoms with E-state index < -0.39 is 0 Å². The standard InChI is InChI=1S/C24H29N7OS.ClH/c1-15(2)17-5-6-21(27-12-17)30-13-18(11-25)22(29-30)23-28-20(14-33-23)24(32)31(16(3)4)19-7-9-26-10-8-19;/h5-6,12-16,19,26H,7-10H2,1-4H3;1H. The number of hydrogen-bond donors (Lipinski definition) is 1. The molecule has 0 bridgehead atoms. The van der Waals surface area contributed by atoms with Crippen LogP contribution in [0, 0.1) is 11.3 Å². The highest BCUT2D eigenvalue weighted by molar-refractivity contribution is 7.13. The number of piperidine rings is 1. The van der Waals surface area contributed by atoms with Crippen molar-refractivity contribution in [1.29, 1.82) is 5.26 Å². The maximum Gasteiger partial charge on any atom is 0.273 e. The summed E-state index contributed by atoms with van der Waals surface area (Å²) in [5.41, 5.74) is 2.41. The lowest BCUT2D eigenvalue weighted by atomic mass is 10.0. The Hall–Kier alpha value is -2.80. The van der Waals surface area contributed by atoms with Gasteiger partial charge in [-0.1, -0.05) is 19.9 Å². The molecule has 0 unspecified atom stereocenters. The molecule has 3 aromatic rings. The van der Waals surface area contributed by atoms with Gasteiger partial charge in [-0.15, -0.1) is 23.7 Å². The van der Waals surface area contributed by atoms with Crippen molar-refractivity contribution in [2.24, 2.45) is 0 Å². The number of nitrogens with zero attached hydrogens (tertiary/aromatic N) is 6. The van der Waals surface area contributed by atoms with Crippen LogP contribution in [-0.4, -0.2) is 55.7 Å². The number of aromatic nitrogens is 4. The molecule has 1 aliphatic rings. The third-order valence-electron chi connectivity index (χ3n) is 5.93. The SMILES string of the molecule is CC(C)c1ccc(-n2cc(C#N)c(-c3nc(C(=O)N(C(C)C)C4CCNCC4)cs3)n2)nc1.Cl. The number of carbonyl (C=O) groups excluding carboxylic acids is 1. The lowest BCUT2D eigenvalue weighted by Gasteiger charge is -2.37. The summed E-state index contributed by atoms with van der Waals surface area (Å²) in [5, 5.41) is 19.9. The minimum atomic E-state index is -0.0664. The number of carbonyl (C=O) groups is 1. The zero-order valence-corrected chi connectivity index (χ0v) is 21.5. The maximum absolute atomic E-state index is 13.3. The van der Waals surface area contributed by atoms with Crippen molar-refractivity contribution >= 4 is 29.7 Å². The van der Waals surface area contributed by atoms with E-state index in [0.29, 0.717) is 33.7 Å². The average molecular weight is 500 g/mol. The van der Waals surface area contributed by atoms with E-state index in [0.717, 1.165) is 31.5 Å². The molecule has 0 aliphatic carbocycles. The zero-order valence-electron chi connectivity index (χ0n) is 19.9. The maximum atomic E-state index is 13.3. The molecule has 1 aliphatic heterocycles. The lowest BCUT2D eigenvalue weighted by Crippen LogP contribution is -2.49. The van der Waals surface area contributed by atoms with Gasteiger partial charge in [0.25, 0.3) is 5.91 Å². The van der Waals surface area contributed by atoms with Crippen molar-refractivity contribution in [3.63, 3.8) is 0 Å². The molecule has 1 amide bonds. The van der Waals surface area contributed by atoms with Crippen LogP contribution < -0.4 is 5.32 Å². The van der Waals surface area contributed by atoms with Gasteiger partial charge in [0.1, 0.15) is 28.0 Å². The van der Waals surface area contributed by atoms with Crippen LogP contribution in [0.2, 0.25) is 0 Å². The summed E-state index contributed by atoms with van der Waals surface area (Å²) in [6.07, 6.45) is 5.36. The molecular formula is C24H30ClN7OS. The van der Waals surface area contributed by atoms with E-state index in [4.69, 9.17) is 0 Å². The fraction of sp³-hybridized carbons (Fsp3) is 0.458. The highest BCUT2D eigenvalue weighted by Gasteiger charge is 2.30. The normalized spacial score (nSPS) is 14.1. The summed E-state index contributed by atoms with van der Waals surface area (Å²) in [6.45, 7) is 10.1. The van der Waals surface area contributed by atoms with Gasteiger partial charge in [-0.3, -0.25) is 4.79 Å². The summed E-state index contributed by atoms with van der Waals surface area (Å²) in [5.74, 6) is 0.950. The largest absolute Gasteiger partial charge is 0.332 e. The number of thiazole rings is 1. The first-order chi connectivity index (χ1) is 15.9. The van der Waals surface area contributed by atoms with E-state index in [1.165, 1.54) is 11.3 Å². The zero-order chi connectivity index (χ0) is 23.5. The third-order valence-corrected chi connectivity index (χ3v) is 6.77. The Morgan fingerprint density at radius 3 is 2.59 bits per heavy atom. The predicted molar refractivity (Wildman–Crippen MR) is 136 cm³/mol. The van der Waals surface area contributed by atoms with Crippen LogP contribution in [0.15, 0.2) is 29.9 Å². The molecule has 4 rings (SSSR count). The van der Waals surface area contributed by atoms with Crippen LogP contribution in [-0.2, 0) is 0 Å². The Balaban J connectivity index is 0.00000324. The molecule has 4 heterocycles. The molecule has 0 radical (unpaired) electrons. The molecule has 0 saturated carbocycles. The van der Waals surface area contributed by atoms with Gasteiger partial charge < -0.3 is 10.2 Å². The minimum Gasteiger partial charge on any atom is -0.332 e. The molecule has 180 valence electrons. The van der Waals surface area contributed by atoms with E-state index in [9.17, 15) is 10.1 Å². The summed E-state index contributed by atoms with van der Waals surface area (Å²) in [6, 6.07) is 6.40. The second-order valence-electron chi connectivity index (χ2n) is 8.88. The third kappa shape index (κ3) is 5.30. The first-order valence-corrected chi connectivity index (χ1v) is 12.2. The van der Waals surface area contributed by atoms with Crippen LogP contribution in [0.4, 0.5) is 0 Å². The Kier molecular flexibility index (Phi) is 8.42. The summed E-state index contributed by atoms with van der Waals surface area (Å²) < 4.78 is 1.59. The monoisotopic (exact) mass is 499 g/mol. The number of hydrogen-bond acceptors (Lipinski definition) is 7. The van der Waals surface area contributed by atoms with Crippen molar-refractivity contribution in [1.82, 2.24) is 30.0 Å². The molecule has 1 saturated heterocycles. The Morgan fingerprint density at radius 1 is 1.26 bits per heavy atom. The van der Waals surface area contributed by atoms with Gasteiger partial charge in [0.2, 0.25) is 0 Å². The number of nitriles is 1. The van der Waals surface area contributed by atoms with Crippen molar-refractivity contribution in [3.05, 3.63) is 46.7 Å². The van der Waals surface area contributed by atoms with Gasteiger partial charge in [0.05, 0.1) is 6.20 Å². The quantitative estimate of drug-likeness (QED) is 0.539. The van der Waals surface area contributed by atoms with E-state index in [2.05, 4.69) is 40.3 Å². The number of nitrogens with one attached hydrogen (secondary N) is 1. The first kappa shape index (κ1) is 25.8. The van der Waals surface area contributed by atoms with Crippen LogP contribution >= 0.6 is 23.7 Å². The molecule has 3 aromatic heterocycles. The minimum absolute atomic E-state index is 0. The summed E-state index contributed by atoms with van der Waals surface area (Å²) >= 11 is 1.33. The van der Waals surface area contributed by atoms with E-state index in [1.807, 2.05) is 37.1 Å². The van der Waals surface area contributed by atoms with Gasteiger partial charge >= 0.3 is 0 Å². The first-order valence-electron chi connectivity index (χ1n) is 11.3.